The number of hydrogen-bond acceptors (Lipinski definition) is 7. The zero-order valence-electron chi connectivity index (χ0n) is 19.5. The predicted octanol–water partition coefficient (Wildman–Crippen LogP) is 2.83. The van der Waals surface area contributed by atoms with Crippen LogP contribution in [0.5, 0.6) is 5.88 Å². The first kappa shape index (κ1) is 23.9. The van der Waals surface area contributed by atoms with Gasteiger partial charge in [0.25, 0.3) is 5.91 Å². The van der Waals surface area contributed by atoms with Crippen LogP contribution in [0.2, 0.25) is 0 Å². The van der Waals surface area contributed by atoms with Gasteiger partial charge in [-0.1, -0.05) is 0 Å². The Balaban J connectivity index is 1.70. The number of halogens is 1. The van der Waals surface area contributed by atoms with Gasteiger partial charge >= 0.3 is 0 Å². The van der Waals surface area contributed by atoms with E-state index in [9.17, 15) is 14.3 Å². The summed E-state index contributed by atoms with van der Waals surface area (Å²) in [5.74, 6) is 0.0266. The van der Waals surface area contributed by atoms with E-state index >= 15 is 0 Å². The Labute approximate surface area is 197 Å². The third-order valence-corrected chi connectivity index (χ3v) is 5.94. The molecular formula is C24H30FN5O4. The molecule has 0 aliphatic carbocycles. The fourth-order valence-electron chi connectivity index (χ4n) is 3.81. The molecule has 3 N–H and O–H groups in total. The Bertz CT molecular complexity index is 1150. The van der Waals surface area contributed by atoms with Crippen molar-refractivity contribution in [3.05, 3.63) is 42.4 Å². The van der Waals surface area contributed by atoms with Gasteiger partial charge in [-0.15, -0.1) is 0 Å². The van der Waals surface area contributed by atoms with Gasteiger partial charge in [0, 0.05) is 43.3 Å². The minimum Gasteiger partial charge on any atom is -0.481 e. The zero-order chi connectivity index (χ0) is 24.3. The number of hydrogen-bond donors (Lipinski definition) is 3. The average molecular weight is 472 g/mol. The standard InChI is InChI=1S/C24H30FN5O4/c1-24(2,32)20(25)13-27-23(31)18-12-28-30-14-16(15-4-7-26-21(11-15)33-3)10-19(30)22(18)29-17-5-8-34-9-6-17/h4,7,10-12,14,17,20,29,32H,5-6,8-9,13H2,1-3H3,(H,27,31)/t20-/m1/s1. The maximum absolute atomic E-state index is 14.2. The van der Waals surface area contributed by atoms with Crippen molar-refractivity contribution < 1.29 is 23.8 Å². The van der Waals surface area contributed by atoms with E-state index in [4.69, 9.17) is 9.47 Å². The number of nitrogens with one attached hydrogen (secondary N) is 2. The molecule has 1 aliphatic heterocycles. The van der Waals surface area contributed by atoms with Gasteiger partial charge in [-0.2, -0.15) is 5.10 Å². The second-order valence-corrected chi connectivity index (χ2v) is 8.94. The lowest BCUT2D eigenvalue weighted by molar-refractivity contribution is -0.00177. The molecule has 0 radical (unpaired) electrons. The minimum absolute atomic E-state index is 0.121. The molecule has 4 rings (SSSR count). The molecule has 3 aromatic heterocycles. The van der Waals surface area contributed by atoms with E-state index in [1.807, 2.05) is 24.4 Å². The lowest BCUT2D eigenvalue weighted by Gasteiger charge is -2.26. The minimum atomic E-state index is -1.61. The van der Waals surface area contributed by atoms with Crippen molar-refractivity contribution in [3.8, 4) is 17.0 Å². The van der Waals surface area contributed by atoms with Gasteiger partial charge < -0.3 is 25.2 Å². The Morgan fingerprint density at radius 1 is 1.35 bits per heavy atom. The summed E-state index contributed by atoms with van der Waals surface area (Å²) in [5.41, 5.74) is 1.85. The first-order chi connectivity index (χ1) is 16.3. The zero-order valence-corrected chi connectivity index (χ0v) is 19.5. The van der Waals surface area contributed by atoms with Crippen molar-refractivity contribution in [1.29, 1.82) is 0 Å². The topological polar surface area (TPSA) is 110 Å². The van der Waals surface area contributed by atoms with Gasteiger partial charge in [-0.25, -0.2) is 13.9 Å². The number of nitrogens with zero attached hydrogens (tertiary/aromatic N) is 3. The smallest absolute Gasteiger partial charge is 0.255 e. The van der Waals surface area contributed by atoms with Crippen molar-refractivity contribution >= 4 is 17.1 Å². The molecule has 0 aromatic carbocycles. The number of ether oxygens (including phenoxy) is 2. The number of carbonyl (C=O) groups excluding carboxylic acids is 1. The summed E-state index contributed by atoms with van der Waals surface area (Å²) in [5, 5.41) is 20.4. The quantitative estimate of drug-likeness (QED) is 0.463. The third kappa shape index (κ3) is 5.28. The largest absolute Gasteiger partial charge is 0.481 e. The van der Waals surface area contributed by atoms with Crippen molar-refractivity contribution in [2.45, 2.75) is 44.5 Å². The first-order valence-electron chi connectivity index (χ1n) is 11.3. The molecule has 3 aromatic rings. The molecule has 4 heterocycles. The molecule has 0 spiro atoms. The lowest BCUT2D eigenvalue weighted by Crippen LogP contribution is -2.42. The molecule has 1 aliphatic rings. The highest BCUT2D eigenvalue weighted by atomic mass is 19.1. The van der Waals surface area contributed by atoms with E-state index in [2.05, 4.69) is 20.7 Å². The van der Waals surface area contributed by atoms with Crippen molar-refractivity contribution in [2.75, 3.05) is 32.2 Å². The molecular weight excluding hydrogens is 441 g/mol. The fraction of sp³-hybridized carbons (Fsp3) is 0.458. The summed E-state index contributed by atoms with van der Waals surface area (Å²) in [6.45, 7) is 3.70. The Kier molecular flexibility index (Phi) is 6.99. The molecule has 0 bridgehead atoms. The summed E-state index contributed by atoms with van der Waals surface area (Å²) in [6, 6.07) is 5.76. The number of aromatic nitrogens is 3. The van der Waals surface area contributed by atoms with Crippen LogP contribution in [0.25, 0.3) is 16.6 Å². The summed E-state index contributed by atoms with van der Waals surface area (Å²) < 4.78 is 26.6. The van der Waals surface area contributed by atoms with E-state index in [1.165, 1.54) is 20.0 Å². The highest BCUT2D eigenvalue weighted by Gasteiger charge is 2.28. The van der Waals surface area contributed by atoms with Crippen molar-refractivity contribution in [1.82, 2.24) is 19.9 Å². The van der Waals surface area contributed by atoms with Crippen molar-refractivity contribution in [3.63, 3.8) is 0 Å². The average Bonchev–Trinajstić information content (AvgIpc) is 3.27. The molecule has 0 saturated carbocycles. The van der Waals surface area contributed by atoms with Crippen LogP contribution in [-0.4, -0.2) is 70.3 Å². The summed E-state index contributed by atoms with van der Waals surface area (Å²) in [6.07, 6.45) is 5.00. The SMILES string of the molecule is COc1cc(-c2cc3c(NC4CCOCC4)c(C(=O)NC[C@@H](F)C(C)(C)O)cnn3c2)ccn1. The Morgan fingerprint density at radius 3 is 2.82 bits per heavy atom. The molecule has 34 heavy (non-hydrogen) atoms. The molecule has 1 atom stereocenters. The molecule has 9 nitrogen and oxygen atoms in total. The van der Waals surface area contributed by atoms with Crippen molar-refractivity contribution in [2.24, 2.45) is 0 Å². The second kappa shape index (κ2) is 9.94. The Morgan fingerprint density at radius 2 is 2.12 bits per heavy atom. The number of carbonyl (C=O) groups is 1. The van der Waals surface area contributed by atoms with Crippen LogP contribution in [0.1, 0.15) is 37.0 Å². The summed E-state index contributed by atoms with van der Waals surface area (Å²) >= 11 is 0. The fourth-order valence-corrected chi connectivity index (χ4v) is 3.81. The molecule has 182 valence electrons. The Hall–Kier alpha value is -3.24. The van der Waals surface area contributed by atoms with Crippen LogP contribution in [0, 0.1) is 0 Å². The van der Waals surface area contributed by atoms with E-state index in [1.54, 1.807) is 17.8 Å². The van der Waals surface area contributed by atoms with Gasteiger partial charge in [-0.3, -0.25) is 4.79 Å². The molecule has 1 amide bonds. The number of methoxy groups -OCH3 is 1. The predicted molar refractivity (Wildman–Crippen MR) is 126 cm³/mol. The monoisotopic (exact) mass is 471 g/mol. The summed E-state index contributed by atoms with van der Waals surface area (Å²) in [7, 11) is 1.56. The lowest BCUT2D eigenvalue weighted by atomic mass is 10.0. The van der Waals surface area contributed by atoms with E-state index in [0.29, 0.717) is 35.9 Å². The van der Waals surface area contributed by atoms with Crippen LogP contribution >= 0.6 is 0 Å². The molecule has 0 unspecified atom stereocenters. The molecule has 1 fully saturated rings. The van der Waals surface area contributed by atoms with Crippen LogP contribution < -0.4 is 15.4 Å². The van der Waals surface area contributed by atoms with E-state index in [0.717, 1.165) is 24.0 Å². The van der Waals surface area contributed by atoms with Gasteiger partial charge in [0.2, 0.25) is 5.88 Å². The summed E-state index contributed by atoms with van der Waals surface area (Å²) in [4.78, 5) is 17.2. The van der Waals surface area contributed by atoms with E-state index < -0.39 is 17.7 Å². The number of amides is 1. The number of alkyl halides is 1. The van der Waals surface area contributed by atoms with Gasteiger partial charge in [-0.05, 0) is 44.4 Å². The normalized spacial score (nSPS) is 15.8. The van der Waals surface area contributed by atoms with Crippen LogP contribution in [0.15, 0.2) is 36.8 Å². The number of rotatable bonds is 8. The molecule has 1 saturated heterocycles. The van der Waals surface area contributed by atoms with Gasteiger partial charge in [0.15, 0.2) is 0 Å². The maximum Gasteiger partial charge on any atom is 0.255 e. The highest BCUT2D eigenvalue weighted by Crippen LogP contribution is 2.31. The maximum atomic E-state index is 14.2. The number of aliphatic hydroxyl groups is 1. The van der Waals surface area contributed by atoms with Gasteiger partial charge in [0.05, 0.1) is 42.2 Å². The van der Waals surface area contributed by atoms with E-state index in [-0.39, 0.29) is 12.6 Å². The highest BCUT2D eigenvalue weighted by molar-refractivity contribution is 6.03. The van der Waals surface area contributed by atoms with Crippen LogP contribution in [0.3, 0.4) is 0 Å². The van der Waals surface area contributed by atoms with Crippen LogP contribution in [0.4, 0.5) is 10.1 Å². The van der Waals surface area contributed by atoms with Gasteiger partial charge in [0.1, 0.15) is 6.17 Å². The second-order valence-electron chi connectivity index (χ2n) is 8.94. The number of fused-ring (bicyclic) bond motifs is 1. The first-order valence-corrected chi connectivity index (χ1v) is 11.3. The number of anilines is 1. The number of pyridine rings is 1. The molecule has 10 heteroatoms. The van der Waals surface area contributed by atoms with Crippen LogP contribution in [-0.2, 0) is 4.74 Å². The third-order valence-electron chi connectivity index (χ3n) is 5.94.